The molecule has 0 unspecified atom stereocenters. The van der Waals surface area contributed by atoms with E-state index >= 15 is 0 Å². The summed E-state index contributed by atoms with van der Waals surface area (Å²) in [6.45, 7) is 5.58. The van der Waals surface area contributed by atoms with Gasteiger partial charge in [0.25, 0.3) is 0 Å². The maximum atomic E-state index is 11.4. The Labute approximate surface area is 97.9 Å². The van der Waals surface area contributed by atoms with Crippen molar-refractivity contribution in [3.63, 3.8) is 0 Å². The third-order valence-electron chi connectivity index (χ3n) is 2.62. The van der Waals surface area contributed by atoms with E-state index in [9.17, 15) is 8.42 Å². The zero-order valence-corrected chi connectivity index (χ0v) is 10.8. The number of benzene rings is 1. The summed E-state index contributed by atoms with van der Waals surface area (Å²) in [4.78, 5) is 0. The zero-order chi connectivity index (χ0) is 12.2. The lowest BCUT2D eigenvalue weighted by atomic mass is 10.1. The topological polar surface area (TPSA) is 46.2 Å². The monoisotopic (exact) mass is 241 g/mol. The molecular weight excluding hydrogens is 222 g/mol. The van der Waals surface area contributed by atoms with Gasteiger partial charge in [-0.15, -0.1) is 0 Å². The minimum absolute atomic E-state index is 0.115. The highest BCUT2D eigenvalue weighted by molar-refractivity contribution is 7.89. The standard InChI is InChI=1S/C12H19NO2S/c1-4-11-6-8-12(9-7-11)10(3)13-16(14,15)5-2/h6-10,13H,4-5H2,1-3H3/t10-/m0/s1. The van der Waals surface area contributed by atoms with Crippen molar-refractivity contribution in [3.8, 4) is 0 Å². The number of sulfonamides is 1. The van der Waals surface area contributed by atoms with Crippen LogP contribution in [0.15, 0.2) is 24.3 Å². The van der Waals surface area contributed by atoms with Gasteiger partial charge in [-0.05, 0) is 31.4 Å². The van der Waals surface area contributed by atoms with Crippen molar-refractivity contribution < 1.29 is 8.42 Å². The van der Waals surface area contributed by atoms with E-state index < -0.39 is 10.0 Å². The van der Waals surface area contributed by atoms with Gasteiger partial charge in [0.15, 0.2) is 0 Å². The lowest BCUT2D eigenvalue weighted by molar-refractivity contribution is 0.568. The van der Waals surface area contributed by atoms with Crippen molar-refractivity contribution in [2.24, 2.45) is 0 Å². The molecule has 90 valence electrons. The van der Waals surface area contributed by atoms with Gasteiger partial charge in [0.05, 0.1) is 5.75 Å². The van der Waals surface area contributed by atoms with Crippen LogP contribution in [-0.2, 0) is 16.4 Å². The molecule has 0 spiro atoms. The fraction of sp³-hybridized carbons (Fsp3) is 0.500. The Morgan fingerprint density at radius 2 is 1.75 bits per heavy atom. The largest absolute Gasteiger partial charge is 0.212 e. The first-order valence-corrected chi connectivity index (χ1v) is 7.22. The van der Waals surface area contributed by atoms with E-state index in [-0.39, 0.29) is 11.8 Å². The lowest BCUT2D eigenvalue weighted by Gasteiger charge is -2.14. The molecule has 0 bridgehead atoms. The van der Waals surface area contributed by atoms with E-state index in [1.807, 2.05) is 31.2 Å². The van der Waals surface area contributed by atoms with Crippen LogP contribution >= 0.6 is 0 Å². The molecule has 4 heteroatoms. The minimum atomic E-state index is -3.13. The van der Waals surface area contributed by atoms with Gasteiger partial charge in [-0.25, -0.2) is 13.1 Å². The van der Waals surface area contributed by atoms with Gasteiger partial charge >= 0.3 is 0 Å². The van der Waals surface area contributed by atoms with Gasteiger partial charge in [0.1, 0.15) is 0 Å². The summed E-state index contributed by atoms with van der Waals surface area (Å²) in [6.07, 6.45) is 0.995. The Balaban J connectivity index is 2.77. The molecule has 0 saturated heterocycles. The highest BCUT2D eigenvalue weighted by Crippen LogP contribution is 2.14. The second-order valence-electron chi connectivity index (χ2n) is 3.84. The van der Waals surface area contributed by atoms with Crippen LogP contribution in [0.25, 0.3) is 0 Å². The van der Waals surface area contributed by atoms with Crippen LogP contribution < -0.4 is 4.72 Å². The molecule has 0 aliphatic rings. The first kappa shape index (κ1) is 13.2. The Hall–Kier alpha value is -0.870. The number of nitrogens with one attached hydrogen (secondary N) is 1. The maximum absolute atomic E-state index is 11.4. The zero-order valence-electron chi connectivity index (χ0n) is 10.0. The molecule has 0 fully saturated rings. The summed E-state index contributed by atoms with van der Waals surface area (Å²) in [6, 6.07) is 7.84. The average Bonchev–Trinajstić information content (AvgIpc) is 2.28. The van der Waals surface area contributed by atoms with Gasteiger partial charge in [0, 0.05) is 6.04 Å². The summed E-state index contributed by atoms with van der Waals surface area (Å²) in [5, 5.41) is 0. The van der Waals surface area contributed by atoms with Crippen molar-refractivity contribution in [2.75, 3.05) is 5.75 Å². The third-order valence-corrected chi connectivity index (χ3v) is 4.10. The van der Waals surface area contributed by atoms with Crippen molar-refractivity contribution in [3.05, 3.63) is 35.4 Å². The molecule has 0 aliphatic heterocycles. The molecule has 3 nitrogen and oxygen atoms in total. The predicted octanol–water partition coefficient (Wildman–Crippen LogP) is 2.25. The summed E-state index contributed by atoms with van der Waals surface area (Å²) in [5.41, 5.74) is 2.25. The van der Waals surface area contributed by atoms with E-state index in [1.165, 1.54) is 5.56 Å². The average molecular weight is 241 g/mol. The van der Waals surface area contributed by atoms with Crippen LogP contribution in [0.2, 0.25) is 0 Å². The van der Waals surface area contributed by atoms with E-state index in [0.29, 0.717) is 0 Å². The van der Waals surface area contributed by atoms with Crippen molar-refractivity contribution in [1.29, 1.82) is 0 Å². The molecule has 16 heavy (non-hydrogen) atoms. The molecule has 0 radical (unpaired) electrons. The van der Waals surface area contributed by atoms with E-state index in [2.05, 4.69) is 11.6 Å². The number of aryl methyl sites for hydroxylation is 1. The Bertz CT molecular complexity index is 423. The molecule has 0 heterocycles. The molecular formula is C12H19NO2S. The summed E-state index contributed by atoms with van der Waals surface area (Å²) in [5.74, 6) is 0.115. The van der Waals surface area contributed by atoms with Crippen molar-refractivity contribution in [1.82, 2.24) is 4.72 Å². The highest BCUT2D eigenvalue weighted by Gasteiger charge is 2.13. The normalized spacial score (nSPS) is 13.7. The van der Waals surface area contributed by atoms with E-state index in [4.69, 9.17) is 0 Å². The fourth-order valence-corrected chi connectivity index (χ4v) is 2.30. The van der Waals surface area contributed by atoms with E-state index in [0.717, 1.165) is 12.0 Å². The second kappa shape index (κ2) is 5.46. The van der Waals surface area contributed by atoms with Crippen LogP contribution in [0.5, 0.6) is 0 Å². The quantitative estimate of drug-likeness (QED) is 0.859. The molecule has 0 saturated carbocycles. The minimum Gasteiger partial charge on any atom is -0.212 e. The number of hydrogen-bond acceptors (Lipinski definition) is 2. The van der Waals surface area contributed by atoms with Gasteiger partial charge in [-0.1, -0.05) is 31.2 Å². The van der Waals surface area contributed by atoms with Gasteiger partial charge in [-0.3, -0.25) is 0 Å². The molecule has 1 rings (SSSR count). The molecule has 1 atom stereocenters. The first-order chi connectivity index (χ1) is 7.48. The van der Waals surface area contributed by atoms with Gasteiger partial charge < -0.3 is 0 Å². The lowest BCUT2D eigenvalue weighted by Crippen LogP contribution is -2.28. The Kier molecular flexibility index (Phi) is 4.50. The highest BCUT2D eigenvalue weighted by atomic mass is 32.2. The van der Waals surface area contributed by atoms with Crippen LogP contribution in [-0.4, -0.2) is 14.2 Å². The molecule has 0 amide bonds. The smallest absolute Gasteiger partial charge is 0.211 e. The summed E-state index contributed by atoms with van der Waals surface area (Å²) >= 11 is 0. The molecule has 1 N–H and O–H groups in total. The number of rotatable bonds is 5. The van der Waals surface area contributed by atoms with Crippen molar-refractivity contribution in [2.45, 2.75) is 33.2 Å². The Morgan fingerprint density at radius 1 is 1.19 bits per heavy atom. The SMILES string of the molecule is CCc1ccc([C@H](C)NS(=O)(=O)CC)cc1. The Morgan fingerprint density at radius 3 is 2.19 bits per heavy atom. The van der Waals surface area contributed by atoms with Crippen LogP contribution in [0, 0.1) is 0 Å². The van der Waals surface area contributed by atoms with Crippen LogP contribution in [0.3, 0.4) is 0 Å². The fourth-order valence-electron chi connectivity index (χ4n) is 1.46. The molecule has 0 aromatic heterocycles. The summed E-state index contributed by atoms with van der Waals surface area (Å²) < 4.78 is 25.4. The van der Waals surface area contributed by atoms with E-state index in [1.54, 1.807) is 6.92 Å². The first-order valence-electron chi connectivity index (χ1n) is 5.57. The van der Waals surface area contributed by atoms with Gasteiger partial charge in [0.2, 0.25) is 10.0 Å². The van der Waals surface area contributed by atoms with Crippen molar-refractivity contribution >= 4 is 10.0 Å². The molecule has 1 aromatic rings. The molecule has 0 aliphatic carbocycles. The summed E-state index contributed by atoms with van der Waals surface area (Å²) in [7, 11) is -3.13. The maximum Gasteiger partial charge on any atom is 0.211 e. The predicted molar refractivity (Wildman–Crippen MR) is 66.8 cm³/mol. The van der Waals surface area contributed by atoms with Crippen LogP contribution in [0.1, 0.15) is 37.9 Å². The molecule has 1 aromatic carbocycles. The third kappa shape index (κ3) is 3.61. The number of hydrogen-bond donors (Lipinski definition) is 1. The van der Waals surface area contributed by atoms with Crippen LogP contribution in [0.4, 0.5) is 0 Å². The van der Waals surface area contributed by atoms with Gasteiger partial charge in [-0.2, -0.15) is 0 Å². The second-order valence-corrected chi connectivity index (χ2v) is 5.88.